The molecule has 7 heteroatoms. The summed E-state index contributed by atoms with van der Waals surface area (Å²) >= 11 is 2.85. The second-order valence-electron chi connectivity index (χ2n) is 4.23. The van der Waals surface area contributed by atoms with Gasteiger partial charge in [-0.1, -0.05) is 6.07 Å². The van der Waals surface area contributed by atoms with E-state index in [1.54, 1.807) is 23.5 Å². The summed E-state index contributed by atoms with van der Waals surface area (Å²) < 4.78 is 27.3. The van der Waals surface area contributed by atoms with Gasteiger partial charge in [-0.15, -0.1) is 22.7 Å². The van der Waals surface area contributed by atoms with E-state index in [1.807, 2.05) is 24.4 Å². The van der Waals surface area contributed by atoms with E-state index in [9.17, 15) is 8.42 Å². The van der Waals surface area contributed by atoms with Crippen molar-refractivity contribution in [1.82, 2.24) is 4.72 Å². The van der Waals surface area contributed by atoms with Crippen molar-refractivity contribution >= 4 is 32.7 Å². The van der Waals surface area contributed by atoms with Crippen LogP contribution in [0.2, 0.25) is 0 Å². The molecule has 2 aromatic heterocycles. The first-order valence-corrected chi connectivity index (χ1v) is 9.02. The van der Waals surface area contributed by atoms with Crippen molar-refractivity contribution in [2.45, 2.75) is 30.1 Å². The Morgan fingerprint density at radius 1 is 1.32 bits per heavy atom. The van der Waals surface area contributed by atoms with Crippen molar-refractivity contribution in [2.24, 2.45) is 5.73 Å². The number of hydrogen-bond donors (Lipinski definition) is 2. The number of hydrogen-bond acceptors (Lipinski definition) is 5. The van der Waals surface area contributed by atoms with Crippen molar-refractivity contribution in [1.29, 1.82) is 0 Å². The minimum atomic E-state index is -3.43. The maximum absolute atomic E-state index is 12.2. The fraction of sp³-hybridized carbons (Fsp3) is 0.333. The highest BCUT2D eigenvalue weighted by molar-refractivity contribution is 7.91. The van der Waals surface area contributed by atoms with Gasteiger partial charge in [-0.25, -0.2) is 13.1 Å². The summed E-state index contributed by atoms with van der Waals surface area (Å²) in [5, 5.41) is 1.99. The Morgan fingerprint density at radius 2 is 2.11 bits per heavy atom. The van der Waals surface area contributed by atoms with Crippen LogP contribution in [0.1, 0.15) is 16.7 Å². The summed E-state index contributed by atoms with van der Waals surface area (Å²) in [6.07, 6.45) is 0.700. The Balaban J connectivity index is 2.04. The van der Waals surface area contributed by atoms with E-state index in [4.69, 9.17) is 5.73 Å². The lowest BCUT2D eigenvalue weighted by atomic mass is 10.2. The second kappa shape index (κ2) is 6.15. The summed E-state index contributed by atoms with van der Waals surface area (Å²) in [6.45, 7) is 2.24. The van der Waals surface area contributed by atoms with Crippen LogP contribution < -0.4 is 10.5 Å². The molecule has 0 bridgehead atoms. The Kier molecular flexibility index (Phi) is 4.75. The van der Waals surface area contributed by atoms with Crippen molar-refractivity contribution < 1.29 is 8.42 Å². The van der Waals surface area contributed by atoms with E-state index in [0.717, 1.165) is 4.88 Å². The maximum Gasteiger partial charge on any atom is 0.250 e. The molecule has 104 valence electrons. The number of thiophene rings is 2. The van der Waals surface area contributed by atoms with Gasteiger partial charge in [0.1, 0.15) is 4.21 Å². The smallest absolute Gasteiger partial charge is 0.250 e. The molecule has 0 aliphatic rings. The average Bonchev–Trinajstić information content (AvgIpc) is 2.97. The fourth-order valence-electron chi connectivity index (χ4n) is 1.71. The Hall–Kier alpha value is -0.730. The maximum atomic E-state index is 12.2. The molecule has 0 radical (unpaired) electrons. The monoisotopic (exact) mass is 316 g/mol. The summed E-state index contributed by atoms with van der Waals surface area (Å²) in [7, 11) is -3.43. The molecule has 0 saturated carbocycles. The van der Waals surface area contributed by atoms with Crippen LogP contribution in [0.3, 0.4) is 0 Å². The van der Waals surface area contributed by atoms with E-state index in [-0.39, 0.29) is 6.04 Å². The molecule has 1 unspecified atom stereocenters. The van der Waals surface area contributed by atoms with E-state index in [1.165, 1.54) is 16.2 Å². The topological polar surface area (TPSA) is 72.2 Å². The van der Waals surface area contributed by atoms with E-state index >= 15 is 0 Å². The van der Waals surface area contributed by atoms with E-state index in [2.05, 4.69) is 4.72 Å². The van der Waals surface area contributed by atoms with Crippen molar-refractivity contribution in [3.63, 3.8) is 0 Å². The Morgan fingerprint density at radius 3 is 2.68 bits per heavy atom. The number of sulfonamides is 1. The highest BCUT2D eigenvalue weighted by Gasteiger charge is 2.19. The summed E-state index contributed by atoms with van der Waals surface area (Å²) in [6, 6.07) is 7.20. The van der Waals surface area contributed by atoms with Crippen LogP contribution in [-0.4, -0.2) is 14.5 Å². The predicted molar refractivity (Wildman–Crippen MR) is 80.0 cm³/mol. The second-order valence-corrected chi connectivity index (χ2v) is 8.37. The zero-order chi connectivity index (χ0) is 13.9. The van der Waals surface area contributed by atoms with Crippen LogP contribution in [-0.2, 0) is 23.0 Å². The molecule has 4 nitrogen and oxygen atoms in total. The molecule has 0 fully saturated rings. The minimum absolute atomic E-state index is 0.132. The molecule has 0 saturated heterocycles. The third-order valence-electron chi connectivity index (χ3n) is 2.55. The first kappa shape index (κ1) is 14.7. The van der Waals surface area contributed by atoms with Crippen LogP contribution in [0.25, 0.3) is 0 Å². The Bertz CT molecular complexity index is 617. The molecule has 2 aromatic rings. The first-order chi connectivity index (χ1) is 9.01. The molecule has 0 amide bonds. The van der Waals surface area contributed by atoms with Crippen molar-refractivity contribution in [3.8, 4) is 0 Å². The van der Waals surface area contributed by atoms with Crippen LogP contribution in [0, 0.1) is 0 Å². The number of nitrogens with two attached hydrogens (primary N) is 1. The van der Waals surface area contributed by atoms with Crippen LogP contribution in [0.4, 0.5) is 0 Å². The molecular weight excluding hydrogens is 300 g/mol. The SMILES string of the molecule is CC(Cc1cccs1)NS(=O)(=O)c1ccc(CN)s1. The van der Waals surface area contributed by atoms with Gasteiger partial charge >= 0.3 is 0 Å². The van der Waals surface area contributed by atoms with Crippen LogP contribution in [0.15, 0.2) is 33.9 Å². The van der Waals surface area contributed by atoms with Gasteiger partial charge in [0.25, 0.3) is 0 Å². The normalized spacial score (nSPS) is 13.6. The predicted octanol–water partition coefficient (Wildman–Crippen LogP) is 2.18. The van der Waals surface area contributed by atoms with Gasteiger partial charge in [0.05, 0.1) is 0 Å². The zero-order valence-electron chi connectivity index (χ0n) is 10.5. The van der Waals surface area contributed by atoms with Crippen molar-refractivity contribution in [2.75, 3.05) is 0 Å². The largest absolute Gasteiger partial charge is 0.326 e. The number of rotatable bonds is 6. The zero-order valence-corrected chi connectivity index (χ0v) is 12.9. The van der Waals surface area contributed by atoms with E-state index < -0.39 is 10.0 Å². The molecule has 2 rings (SSSR count). The molecule has 19 heavy (non-hydrogen) atoms. The minimum Gasteiger partial charge on any atom is -0.326 e. The molecule has 1 atom stereocenters. The van der Waals surface area contributed by atoms with Gasteiger partial charge in [0.15, 0.2) is 0 Å². The molecule has 0 aliphatic carbocycles. The molecule has 3 N–H and O–H groups in total. The standard InChI is InChI=1S/C12H16N2O2S3/c1-9(7-10-3-2-6-17-10)14-19(15,16)12-5-4-11(8-13)18-12/h2-6,9,14H,7-8,13H2,1H3. The van der Waals surface area contributed by atoms with Gasteiger partial charge in [0, 0.05) is 22.3 Å². The average molecular weight is 316 g/mol. The Labute approximate surface area is 121 Å². The highest BCUT2D eigenvalue weighted by Crippen LogP contribution is 2.21. The fourth-order valence-corrected chi connectivity index (χ4v) is 5.04. The third kappa shape index (κ3) is 3.87. The molecule has 0 aliphatic heterocycles. The highest BCUT2D eigenvalue weighted by atomic mass is 32.2. The quantitative estimate of drug-likeness (QED) is 0.858. The molecular formula is C12H16N2O2S3. The van der Waals surface area contributed by atoms with Gasteiger partial charge in [0.2, 0.25) is 10.0 Å². The molecule has 0 aromatic carbocycles. The van der Waals surface area contributed by atoms with Crippen LogP contribution >= 0.6 is 22.7 Å². The summed E-state index contributed by atoms with van der Waals surface area (Å²) in [5.74, 6) is 0. The van der Waals surface area contributed by atoms with Gasteiger partial charge in [-0.05, 0) is 36.9 Å². The van der Waals surface area contributed by atoms with E-state index in [0.29, 0.717) is 17.2 Å². The van der Waals surface area contributed by atoms with Gasteiger partial charge < -0.3 is 5.73 Å². The lowest BCUT2D eigenvalue weighted by Crippen LogP contribution is -2.33. The summed E-state index contributed by atoms with van der Waals surface area (Å²) in [4.78, 5) is 2.04. The third-order valence-corrected chi connectivity index (χ3v) is 6.63. The summed E-state index contributed by atoms with van der Waals surface area (Å²) in [5.41, 5.74) is 5.49. The first-order valence-electron chi connectivity index (χ1n) is 5.85. The molecule has 0 spiro atoms. The molecule has 2 heterocycles. The van der Waals surface area contributed by atoms with Gasteiger partial charge in [-0.2, -0.15) is 0 Å². The van der Waals surface area contributed by atoms with Crippen LogP contribution in [0.5, 0.6) is 0 Å². The number of nitrogens with one attached hydrogen (secondary N) is 1. The lowest BCUT2D eigenvalue weighted by Gasteiger charge is -2.12. The lowest BCUT2D eigenvalue weighted by molar-refractivity contribution is 0.563. The van der Waals surface area contributed by atoms with Gasteiger partial charge in [-0.3, -0.25) is 0 Å². The van der Waals surface area contributed by atoms with Crippen molar-refractivity contribution in [3.05, 3.63) is 39.4 Å².